The molecule has 2 saturated heterocycles. The Labute approximate surface area is 227 Å². The standard InChI is InChI=1S/C28H35ClFN3O5/c1-2-38-24-16-21(30)8-9-23(24)32-13-10-18(11-14-32)17-31-27(36)25(34)26(35)28(37)33-12-4-7-22(33)19-5-3-6-20(29)15-19/h3,5-6,8-9,15-16,18,22,25-26,34-35H,2,4,7,10-14,17H2,1H3,(H,31,36)/t22-,25-,26-/m1/s1. The summed E-state index contributed by atoms with van der Waals surface area (Å²) in [5, 5.41) is 24.3. The van der Waals surface area contributed by atoms with Crippen LogP contribution in [0.3, 0.4) is 0 Å². The molecular weight excluding hydrogens is 513 g/mol. The summed E-state index contributed by atoms with van der Waals surface area (Å²) in [4.78, 5) is 29.2. The third-order valence-corrected chi connectivity index (χ3v) is 7.57. The van der Waals surface area contributed by atoms with Crippen LogP contribution in [0.5, 0.6) is 5.75 Å². The molecular formula is C28H35ClFN3O5. The molecule has 2 fully saturated rings. The van der Waals surface area contributed by atoms with E-state index in [4.69, 9.17) is 16.3 Å². The lowest BCUT2D eigenvalue weighted by Crippen LogP contribution is -2.51. The minimum Gasteiger partial charge on any atom is -0.492 e. The van der Waals surface area contributed by atoms with E-state index >= 15 is 0 Å². The molecule has 206 valence electrons. The summed E-state index contributed by atoms with van der Waals surface area (Å²) < 4.78 is 19.2. The average molecular weight is 548 g/mol. The van der Waals surface area contributed by atoms with E-state index in [-0.39, 0.29) is 17.8 Å². The molecule has 2 heterocycles. The van der Waals surface area contributed by atoms with Gasteiger partial charge in [-0.25, -0.2) is 4.39 Å². The number of amides is 2. The normalized spacial score (nSPS) is 19.8. The van der Waals surface area contributed by atoms with Crippen LogP contribution in [-0.2, 0) is 9.59 Å². The van der Waals surface area contributed by atoms with Gasteiger partial charge < -0.3 is 30.1 Å². The number of carbonyl (C=O) groups is 2. The summed E-state index contributed by atoms with van der Waals surface area (Å²) in [6.07, 6.45) is -0.709. The number of benzene rings is 2. The highest BCUT2D eigenvalue weighted by molar-refractivity contribution is 6.30. The number of aliphatic hydroxyl groups excluding tert-OH is 2. The predicted molar refractivity (Wildman–Crippen MR) is 143 cm³/mol. The summed E-state index contributed by atoms with van der Waals surface area (Å²) in [5.41, 5.74) is 1.70. The highest BCUT2D eigenvalue weighted by atomic mass is 35.5. The molecule has 3 atom stereocenters. The van der Waals surface area contributed by atoms with Crippen molar-refractivity contribution >= 4 is 29.1 Å². The Balaban J connectivity index is 1.27. The van der Waals surface area contributed by atoms with Crippen LogP contribution in [0.2, 0.25) is 5.02 Å². The van der Waals surface area contributed by atoms with Gasteiger partial charge in [-0.2, -0.15) is 0 Å². The van der Waals surface area contributed by atoms with Gasteiger partial charge in [0.05, 0.1) is 18.3 Å². The van der Waals surface area contributed by atoms with Crippen LogP contribution in [0.15, 0.2) is 42.5 Å². The molecule has 38 heavy (non-hydrogen) atoms. The van der Waals surface area contributed by atoms with Crippen LogP contribution < -0.4 is 15.0 Å². The van der Waals surface area contributed by atoms with Crippen LogP contribution in [0.1, 0.15) is 44.2 Å². The lowest BCUT2D eigenvalue weighted by atomic mass is 9.96. The van der Waals surface area contributed by atoms with Crippen LogP contribution in [-0.4, -0.2) is 71.9 Å². The number of ether oxygens (including phenoxy) is 1. The van der Waals surface area contributed by atoms with E-state index in [1.54, 1.807) is 24.3 Å². The van der Waals surface area contributed by atoms with Crippen molar-refractivity contribution in [3.63, 3.8) is 0 Å². The Hall–Kier alpha value is -2.88. The van der Waals surface area contributed by atoms with E-state index in [2.05, 4.69) is 10.2 Å². The van der Waals surface area contributed by atoms with Gasteiger partial charge in [-0.05, 0) is 68.4 Å². The fraction of sp³-hybridized carbons (Fsp3) is 0.500. The molecule has 2 aliphatic heterocycles. The number of aliphatic hydroxyl groups is 2. The maximum absolute atomic E-state index is 13.6. The van der Waals surface area contributed by atoms with Gasteiger partial charge in [0.1, 0.15) is 11.6 Å². The minimum absolute atomic E-state index is 0.164. The van der Waals surface area contributed by atoms with Gasteiger partial charge in [0, 0.05) is 37.3 Å². The first kappa shape index (κ1) is 28.1. The Morgan fingerprint density at radius 2 is 1.87 bits per heavy atom. The third-order valence-electron chi connectivity index (χ3n) is 7.33. The maximum atomic E-state index is 13.6. The molecule has 0 radical (unpaired) electrons. The molecule has 2 aromatic carbocycles. The number of carbonyl (C=O) groups excluding carboxylic acids is 2. The molecule has 0 bridgehead atoms. The van der Waals surface area contributed by atoms with Crippen molar-refractivity contribution in [2.24, 2.45) is 5.92 Å². The number of likely N-dealkylation sites (tertiary alicyclic amines) is 1. The van der Waals surface area contributed by atoms with Gasteiger partial charge in [-0.3, -0.25) is 9.59 Å². The van der Waals surface area contributed by atoms with E-state index < -0.39 is 24.0 Å². The first-order valence-electron chi connectivity index (χ1n) is 13.2. The molecule has 2 aliphatic rings. The number of halogens is 2. The number of rotatable bonds is 9. The largest absolute Gasteiger partial charge is 0.492 e. The smallest absolute Gasteiger partial charge is 0.255 e. The number of anilines is 1. The monoisotopic (exact) mass is 547 g/mol. The topological polar surface area (TPSA) is 102 Å². The van der Waals surface area contributed by atoms with Crippen molar-refractivity contribution in [2.75, 3.05) is 37.7 Å². The second-order valence-corrected chi connectivity index (χ2v) is 10.3. The fourth-order valence-electron chi connectivity index (χ4n) is 5.29. The number of piperidine rings is 1. The van der Waals surface area contributed by atoms with Crippen LogP contribution >= 0.6 is 11.6 Å². The Morgan fingerprint density at radius 1 is 1.11 bits per heavy atom. The molecule has 8 nitrogen and oxygen atoms in total. The van der Waals surface area contributed by atoms with E-state index in [0.29, 0.717) is 50.0 Å². The SMILES string of the molecule is CCOc1cc(F)ccc1N1CCC(CNC(=O)[C@H](O)[C@@H](O)C(=O)N2CCC[C@@H]2c2cccc(Cl)c2)CC1. The molecule has 0 aliphatic carbocycles. The zero-order valence-corrected chi connectivity index (χ0v) is 22.2. The Bertz CT molecular complexity index is 1130. The second kappa shape index (κ2) is 12.8. The summed E-state index contributed by atoms with van der Waals surface area (Å²) >= 11 is 6.10. The quantitative estimate of drug-likeness (QED) is 0.445. The number of nitrogens with one attached hydrogen (secondary N) is 1. The van der Waals surface area contributed by atoms with Crippen LogP contribution in [0.25, 0.3) is 0 Å². The Morgan fingerprint density at radius 3 is 2.58 bits per heavy atom. The first-order valence-corrected chi connectivity index (χ1v) is 13.5. The van der Waals surface area contributed by atoms with Gasteiger partial charge in [0.25, 0.3) is 11.8 Å². The number of hydrogen-bond donors (Lipinski definition) is 3. The van der Waals surface area contributed by atoms with E-state index in [9.17, 15) is 24.2 Å². The van der Waals surface area contributed by atoms with Crippen molar-refractivity contribution in [3.8, 4) is 5.75 Å². The van der Waals surface area contributed by atoms with E-state index in [1.165, 1.54) is 17.0 Å². The average Bonchev–Trinajstić information content (AvgIpc) is 3.41. The molecule has 0 saturated carbocycles. The van der Waals surface area contributed by atoms with Crippen LogP contribution in [0.4, 0.5) is 10.1 Å². The molecule has 0 aromatic heterocycles. The lowest BCUT2D eigenvalue weighted by molar-refractivity contribution is -0.153. The van der Waals surface area contributed by atoms with Crippen molar-refractivity contribution in [1.82, 2.24) is 10.2 Å². The van der Waals surface area contributed by atoms with Gasteiger partial charge in [-0.15, -0.1) is 0 Å². The van der Waals surface area contributed by atoms with Crippen molar-refractivity contribution in [1.29, 1.82) is 0 Å². The second-order valence-electron chi connectivity index (χ2n) is 9.85. The molecule has 2 amide bonds. The first-order chi connectivity index (χ1) is 18.3. The van der Waals surface area contributed by atoms with Gasteiger partial charge in [0.2, 0.25) is 0 Å². The summed E-state index contributed by atoms with van der Waals surface area (Å²) in [7, 11) is 0. The van der Waals surface area contributed by atoms with E-state index in [1.807, 2.05) is 13.0 Å². The zero-order valence-electron chi connectivity index (χ0n) is 21.5. The zero-order chi connectivity index (χ0) is 27.2. The fourth-order valence-corrected chi connectivity index (χ4v) is 5.49. The minimum atomic E-state index is -1.86. The van der Waals surface area contributed by atoms with E-state index in [0.717, 1.165) is 30.5 Å². The molecule has 4 rings (SSSR count). The Kier molecular flexibility index (Phi) is 9.46. The predicted octanol–water partition coefficient (Wildman–Crippen LogP) is 3.30. The van der Waals surface area contributed by atoms with Crippen molar-refractivity contribution in [2.45, 2.75) is 50.9 Å². The van der Waals surface area contributed by atoms with Crippen LogP contribution in [0, 0.1) is 11.7 Å². The summed E-state index contributed by atoms with van der Waals surface area (Å²) in [5.74, 6) is -1.12. The van der Waals surface area contributed by atoms with Gasteiger partial charge in [0.15, 0.2) is 12.2 Å². The summed E-state index contributed by atoms with van der Waals surface area (Å²) in [6, 6.07) is 11.5. The van der Waals surface area contributed by atoms with Crippen molar-refractivity contribution < 1.29 is 28.9 Å². The van der Waals surface area contributed by atoms with Crippen molar-refractivity contribution in [3.05, 3.63) is 58.9 Å². The number of hydrogen-bond acceptors (Lipinski definition) is 6. The lowest BCUT2D eigenvalue weighted by Gasteiger charge is -2.34. The molecule has 10 heteroatoms. The van der Waals surface area contributed by atoms with Gasteiger partial charge >= 0.3 is 0 Å². The highest BCUT2D eigenvalue weighted by Crippen LogP contribution is 2.34. The maximum Gasteiger partial charge on any atom is 0.255 e. The molecule has 3 N–H and O–H groups in total. The van der Waals surface area contributed by atoms with Gasteiger partial charge in [-0.1, -0.05) is 23.7 Å². The summed E-state index contributed by atoms with van der Waals surface area (Å²) in [6.45, 7) is 4.45. The molecule has 0 unspecified atom stereocenters. The highest BCUT2D eigenvalue weighted by Gasteiger charge is 2.38. The third kappa shape index (κ3) is 6.57. The number of nitrogens with zero attached hydrogens (tertiary/aromatic N) is 2. The molecule has 0 spiro atoms. The molecule has 2 aromatic rings.